The van der Waals surface area contributed by atoms with Gasteiger partial charge >= 0.3 is 0 Å². The summed E-state index contributed by atoms with van der Waals surface area (Å²) in [4.78, 5) is 0. The first kappa shape index (κ1) is 16.7. The van der Waals surface area contributed by atoms with E-state index < -0.39 is 0 Å². The summed E-state index contributed by atoms with van der Waals surface area (Å²) in [7, 11) is 1.55. The molecule has 2 aromatic carbocycles. The fourth-order valence-corrected chi connectivity index (χ4v) is 1.90. The number of hydrogen-bond donors (Lipinski definition) is 2. The Kier molecular flexibility index (Phi) is 5.87. The van der Waals surface area contributed by atoms with Crippen LogP contribution >= 0.6 is 12.2 Å². The highest BCUT2D eigenvalue weighted by atomic mass is 32.1. The Morgan fingerprint density at radius 2 is 2.04 bits per heavy atom. The number of thiocarbonyl (C=S) groups is 1. The van der Waals surface area contributed by atoms with E-state index >= 15 is 0 Å². The van der Waals surface area contributed by atoms with Crippen molar-refractivity contribution >= 4 is 23.5 Å². The third-order valence-corrected chi connectivity index (χ3v) is 3.00. The number of hydrogen-bond acceptors (Lipinski definition) is 4. The lowest BCUT2D eigenvalue weighted by atomic mass is 10.2. The molecule has 0 spiro atoms. The molecule has 0 unspecified atom stereocenters. The van der Waals surface area contributed by atoms with Crippen LogP contribution in [0, 0.1) is 5.82 Å². The van der Waals surface area contributed by atoms with Crippen LogP contribution in [0.5, 0.6) is 11.5 Å². The lowest BCUT2D eigenvalue weighted by Gasteiger charge is -2.13. The zero-order valence-electron chi connectivity index (χ0n) is 12.5. The summed E-state index contributed by atoms with van der Waals surface area (Å²) in [6, 6.07) is 11.5. The van der Waals surface area contributed by atoms with Crippen LogP contribution in [-0.2, 0) is 6.61 Å². The van der Waals surface area contributed by atoms with Gasteiger partial charge in [-0.1, -0.05) is 18.2 Å². The molecule has 0 fully saturated rings. The van der Waals surface area contributed by atoms with Crippen molar-refractivity contribution in [1.29, 1.82) is 0 Å². The first-order valence-electron chi connectivity index (χ1n) is 6.73. The molecule has 0 saturated heterocycles. The van der Waals surface area contributed by atoms with Gasteiger partial charge in [0.1, 0.15) is 12.4 Å². The molecule has 7 heteroatoms. The Balaban J connectivity index is 2.19. The number of ether oxygens (including phenoxy) is 2. The third kappa shape index (κ3) is 4.93. The molecule has 23 heavy (non-hydrogen) atoms. The van der Waals surface area contributed by atoms with Gasteiger partial charge in [-0.05, 0) is 42.0 Å². The molecule has 0 saturated carbocycles. The molecule has 5 nitrogen and oxygen atoms in total. The van der Waals surface area contributed by atoms with Crippen molar-refractivity contribution in [2.45, 2.75) is 6.61 Å². The van der Waals surface area contributed by atoms with Crippen molar-refractivity contribution in [1.82, 2.24) is 5.43 Å². The molecule has 0 bridgehead atoms. The quantitative estimate of drug-likeness (QED) is 0.483. The fraction of sp³-hybridized carbons (Fsp3) is 0.125. The number of para-hydroxylation sites is 1. The number of nitrogens with zero attached hydrogens (tertiary/aromatic N) is 1. The number of nitrogens with one attached hydrogen (secondary N) is 1. The zero-order valence-corrected chi connectivity index (χ0v) is 13.3. The third-order valence-electron chi connectivity index (χ3n) is 2.90. The van der Waals surface area contributed by atoms with Gasteiger partial charge < -0.3 is 15.2 Å². The van der Waals surface area contributed by atoms with Gasteiger partial charge in [-0.2, -0.15) is 5.10 Å². The molecule has 0 aromatic heterocycles. The highest BCUT2D eigenvalue weighted by Crippen LogP contribution is 2.30. The van der Waals surface area contributed by atoms with Crippen LogP contribution in [0.2, 0.25) is 0 Å². The zero-order chi connectivity index (χ0) is 16.7. The normalized spacial score (nSPS) is 10.5. The Hall–Kier alpha value is -2.67. The maximum atomic E-state index is 12.9. The van der Waals surface area contributed by atoms with Gasteiger partial charge in [-0.25, -0.2) is 4.39 Å². The fourth-order valence-electron chi connectivity index (χ4n) is 1.85. The molecule has 0 aliphatic carbocycles. The minimum Gasteiger partial charge on any atom is -0.493 e. The summed E-state index contributed by atoms with van der Waals surface area (Å²) >= 11 is 4.68. The topological polar surface area (TPSA) is 68.9 Å². The van der Waals surface area contributed by atoms with Crippen LogP contribution in [-0.4, -0.2) is 18.4 Å². The lowest BCUT2D eigenvalue weighted by Crippen LogP contribution is -2.24. The van der Waals surface area contributed by atoms with Crippen molar-refractivity contribution < 1.29 is 13.9 Å². The number of hydrazone groups is 1. The minimum absolute atomic E-state index is 0.0675. The number of methoxy groups -OCH3 is 1. The van der Waals surface area contributed by atoms with E-state index in [0.717, 1.165) is 5.56 Å². The van der Waals surface area contributed by atoms with Gasteiger partial charge in [-0.3, -0.25) is 5.43 Å². The van der Waals surface area contributed by atoms with Crippen LogP contribution < -0.4 is 20.6 Å². The Labute approximate surface area is 138 Å². The first-order chi connectivity index (χ1) is 11.1. The predicted molar refractivity (Wildman–Crippen MR) is 91.2 cm³/mol. The molecule has 3 N–H and O–H groups in total. The van der Waals surface area contributed by atoms with Crippen LogP contribution in [0.25, 0.3) is 0 Å². The van der Waals surface area contributed by atoms with E-state index in [4.69, 9.17) is 15.2 Å². The maximum Gasteiger partial charge on any atom is 0.184 e. The average Bonchev–Trinajstić information content (AvgIpc) is 2.54. The predicted octanol–water partition coefficient (Wildman–Crippen LogP) is 2.58. The number of rotatable bonds is 6. The van der Waals surface area contributed by atoms with Crippen LogP contribution in [0.4, 0.5) is 4.39 Å². The second-order valence-corrected chi connectivity index (χ2v) is 4.97. The Bertz CT molecular complexity index is 705. The molecule has 2 rings (SSSR count). The summed E-state index contributed by atoms with van der Waals surface area (Å²) in [5, 5.41) is 3.98. The molecule has 0 aliphatic heterocycles. The van der Waals surface area contributed by atoms with Crippen LogP contribution in [0.1, 0.15) is 11.1 Å². The minimum atomic E-state index is -0.289. The SMILES string of the molecule is COc1cccc(C=NNC(N)=S)c1OCc1ccc(F)cc1. The monoisotopic (exact) mass is 333 g/mol. The van der Waals surface area contributed by atoms with E-state index in [-0.39, 0.29) is 17.5 Å². The Morgan fingerprint density at radius 1 is 1.30 bits per heavy atom. The van der Waals surface area contributed by atoms with E-state index in [1.165, 1.54) is 18.3 Å². The van der Waals surface area contributed by atoms with Gasteiger partial charge in [0.2, 0.25) is 0 Å². The van der Waals surface area contributed by atoms with E-state index in [1.807, 2.05) is 12.1 Å². The van der Waals surface area contributed by atoms with Gasteiger partial charge in [0.15, 0.2) is 16.6 Å². The van der Waals surface area contributed by atoms with E-state index in [1.54, 1.807) is 25.3 Å². The smallest absolute Gasteiger partial charge is 0.184 e. The van der Waals surface area contributed by atoms with Crippen molar-refractivity contribution in [2.24, 2.45) is 10.8 Å². The van der Waals surface area contributed by atoms with Crippen LogP contribution in [0.3, 0.4) is 0 Å². The number of benzene rings is 2. The summed E-state index contributed by atoms with van der Waals surface area (Å²) in [6.07, 6.45) is 1.53. The molecule has 2 aromatic rings. The largest absolute Gasteiger partial charge is 0.493 e. The van der Waals surface area contributed by atoms with Gasteiger partial charge in [0.25, 0.3) is 0 Å². The molecule has 0 amide bonds. The van der Waals surface area contributed by atoms with Crippen molar-refractivity contribution in [3.05, 3.63) is 59.4 Å². The molecule has 0 radical (unpaired) electrons. The standard InChI is InChI=1S/C16H16FN3O2S/c1-21-14-4-2-3-12(9-19-20-16(18)23)15(14)22-10-11-5-7-13(17)8-6-11/h2-9H,10H2,1H3,(H3,18,20,23). The van der Waals surface area contributed by atoms with Gasteiger partial charge in [0.05, 0.1) is 13.3 Å². The van der Waals surface area contributed by atoms with Gasteiger partial charge in [0, 0.05) is 5.56 Å². The molecule has 0 heterocycles. The molecular formula is C16H16FN3O2S. The van der Waals surface area contributed by atoms with E-state index in [2.05, 4.69) is 22.7 Å². The average molecular weight is 333 g/mol. The number of nitrogens with two attached hydrogens (primary N) is 1. The van der Waals surface area contributed by atoms with Gasteiger partial charge in [-0.15, -0.1) is 0 Å². The molecule has 0 atom stereocenters. The Morgan fingerprint density at radius 3 is 2.70 bits per heavy atom. The molecular weight excluding hydrogens is 317 g/mol. The highest BCUT2D eigenvalue weighted by molar-refractivity contribution is 7.80. The maximum absolute atomic E-state index is 12.9. The molecule has 120 valence electrons. The highest BCUT2D eigenvalue weighted by Gasteiger charge is 2.09. The van der Waals surface area contributed by atoms with Crippen LogP contribution in [0.15, 0.2) is 47.6 Å². The molecule has 0 aliphatic rings. The second kappa shape index (κ2) is 8.09. The van der Waals surface area contributed by atoms with E-state index in [9.17, 15) is 4.39 Å². The van der Waals surface area contributed by atoms with Crippen molar-refractivity contribution in [3.63, 3.8) is 0 Å². The van der Waals surface area contributed by atoms with Crippen molar-refractivity contribution in [3.8, 4) is 11.5 Å². The lowest BCUT2D eigenvalue weighted by molar-refractivity contribution is 0.284. The first-order valence-corrected chi connectivity index (χ1v) is 7.13. The summed E-state index contributed by atoms with van der Waals surface area (Å²) in [5.41, 5.74) is 9.32. The van der Waals surface area contributed by atoms with E-state index in [0.29, 0.717) is 17.1 Å². The summed E-state index contributed by atoms with van der Waals surface area (Å²) in [5.74, 6) is 0.793. The van der Waals surface area contributed by atoms with Crippen molar-refractivity contribution in [2.75, 3.05) is 7.11 Å². The summed E-state index contributed by atoms with van der Waals surface area (Å²) < 4.78 is 24.0. The second-order valence-electron chi connectivity index (χ2n) is 4.53. The number of halogens is 1. The summed E-state index contributed by atoms with van der Waals surface area (Å²) in [6.45, 7) is 0.268.